The molecule has 17 heavy (non-hydrogen) atoms. The van der Waals surface area contributed by atoms with E-state index in [4.69, 9.17) is 11.6 Å². The van der Waals surface area contributed by atoms with Crippen LogP contribution in [0.2, 0.25) is 5.02 Å². The number of phenolic OH excluding ortho intramolecular Hbond substituents is 1. The lowest BCUT2D eigenvalue weighted by atomic mass is 10.1. The Hall–Kier alpha value is -1.25. The molecule has 0 amide bonds. The third-order valence-corrected chi connectivity index (χ3v) is 3.21. The van der Waals surface area contributed by atoms with E-state index in [1.165, 1.54) is 0 Å². The number of phenols is 1. The first-order chi connectivity index (χ1) is 8.15. The zero-order chi connectivity index (χ0) is 12.3. The van der Waals surface area contributed by atoms with Crippen LogP contribution in [0, 0.1) is 0 Å². The quantitative estimate of drug-likeness (QED) is 0.776. The second-order valence-corrected chi connectivity index (χ2v) is 4.88. The van der Waals surface area contributed by atoms with Crippen molar-refractivity contribution >= 4 is 39.7 Å². The van der Waals surface area contributed by atoms with E-state index < -0.39 is 0 Å². The number of aromatic hydroxyl groups is 1. The number of halogens is 2. The van der Waals surface area contributed by atoms with Crippen molar-refractivity contribution in [3.63, 3.8) is 0 Å². The summed E-state index contributed by atoms with van der Waals surface area (Å²) in [6.45, 7) is 0. The van der Waals surface area contributed by atoms with Crippen LogP contribution in [0.15, 0.2) is 46.9 Å². The Morgan fingerprint density at radius 2 is 1.88 bits per heavy atom. The van der Waals surface area contributed by atoms with E-state index in [9.17, 15) is 5.11 Å². The van der Waals surface area contributed by atoms with Gasteiger partial charge in [0.05, 0.1) is 0 Å². The van der Waals surface area contributed by atoms with E-state index >= 15 is 0 Å². The summed E-state index contributed by atoms with van der Waals surface area (Å²) in [5.74, 6) is 0.266. The fourth-order valence-corrected chi connectivity index (χ4v) is 2.27. The molecule has 0 aromatic heterocycles. The summed E-state index contributed by atoms with van der Waals surface area (Å²) < 4.78 is 0.946. The lowest BCUT2D eigenvalue weighted by molar-refractivity contribution is 0.475. The van der Waals surface area contributed by atoms with Crippen LogP contribution >= 0.6 is 27.5 Å². The molecule has 86 valence electrons. The van der Waals surface area contributed by atoms with Crippen LogP contribution in [0.1, 0.15) is 11.1 Å². The second kappa shape index (κ2) is 5.39. The van der Waals surface area contributed by atoms with Crippen molar-refractivity contribution in [3.05, 3.63) is 63.1 Å². The summed E-state index contributed by atoms with van der Waals surface area (Å²) in [4.78, 5) is 0. The average Bonchev–Trinajstić information content (AvgIpc) is 2.28. The van der Waals surface area contributed by atoms with Gasteiger partial charge in [-0.15, -0.1) is 0 Å². The van der Waals surface area contributed by atoms with Crippen molar-refractivity contribution in [2.24, 2.45) is 0 Å². The highest BCUT2D eigenvalue weighted by Crippen LogP contribution is 2.23. The van der Waals surface area contributed by atoms with Crippen LogP contribution in [0.3, 0.4) is 0 Å². The van der Waals surface area contributed by atoms with Gasteiger partial charge in [0.25, 0.3) is 0 Å². The molecule has 0 aliphatic carbocycles. The maximum Gasteiger partial charge on any atom is 0.116 e. The third-order valence-electron chi connectivity index (χ3n) is 2.29. The molecule has 2 aromatic rings. The number of rotatable bonds is 2. The summed E-state index contributed by atoms with van der Waals surface area (Å²) in [7, 11) is 0. The Bertz CT molecular complexity index is 564. The fraction of sp³-hybridized carbons (Fsp3) is 0. The van der Waals surface area contributed by atoms with E-state index in [0.717, 1.165) is 15.6 Å². The molecular formula is C14H10BrClO. The van der Waals surface area contributed by atoms with Gasteiger partial charge in [-0.05, 0) is 35.4 Å². The predicted molar refractivity (Wildman–Crippen MR) is 76.2 cm³/mol. The van der Waals surface area contributed by atoms with E-state index in [2.05, 4.69) is 15.9 Å². The molecule has 0 spiro atoms. The Balaban J connectivity index is 2.26. The van der Waals surface area contributed by atoms with Gasteiger partial charge in [-0.25, -0.2) is 0 Å². The molecular weight excluding hydrogens is 300 g/mol. The van der Waals surface area contributed by atoms with Crippen LogP contribution < -0.4 is 0 Å². The minimum Gasteiger partial charge on any atom is -0.508 e. The minimum absolute atomic E-state index is 0.266. The van der Waals surface area contributed by atoms with Crippen molar-refractivity contribution in [3.8, 4) is 5.75 Å². The van der Waals surface area contributed by atoms with Crippen molar-refractivity contribution in [1.29, 1.82) is 0 Å². The van der Waals surface area contributed by atoms with Crippen LogP contribution in [0.25, 0.3) is 12.2 Å². The van der Waals surface area contributed by atoms with Gasteiger partial charge in [0.2, 0.25) is 0 Å². The topological polar surface area (TPSA) is 20.2 Å². The van der Waals surface area contributed by atoms with E-state index in [0.29, 0.717) is 5.02 Å². The van der Waals surface area contributed by atoms with E-state index in [1.807, 2.05) is 42.5 Å². The molecule has 2 aromatic carbocycles. The van der Waals surface area contributed by atoms with Gasteiger partial charge in [-0.1, -0.05) is 57.9 Å². The molecule has 0 saturated heterocycles. The largest absolute Gasteiger partial charge is 0.508 e. The molecule has 1 nitrogen and oxygen atoms in total. The highest BCUT2D eigenvalue weighted by Gasteiger charge is 1.97. The SMILES string of the molecule is Oc1cccc(/C=C/c2ccc(Cl)cc2Br)c1. The maximum absolute atomic E-state index is 9.34. The first-order valence-corrected chi connectivity index (χ1v) is 6.24. The molecule has 1 N–H and O–H groups in total. The van der Waals surface area contributed by atoms with Gasteiger partial charge in [0, 0.05) is 9.50 Å². The highest BCUT2D eigenvalue weighted by molar-refractivity contribution is 9.10. The Morgan fingerprint density at radius 1 is 1.06 bits per heavy atom. The molecule has 0 bridgehead atoms. The van der Waals surface area contributed by atoms with Crippen molar-refractivity contribution in [2.45, 2.75) is 0 Å². The second-order valence-electron chi connectivity index (χ2n) is 3.59. The van der Waals surface area contributed by atoms with Gasteiger partial charge in [0.15, 0.2) is 0 Å². The zero-order valence-electron chi connectivity index (χ0n) is 8.90. The molecule has 2 rings (SSSR count). The molecule has 0 unspecified atom stereocenters. The van der Waals surface area contributed by atoms with Crippen molar-refractivity contribution < 1.29 is 5.11 Å². The monoisotopic (exact) mass is 308 g/mol. The average molecular weight is 310 g/mol. The smallest absolute Gasteiger partial charge is 0.116 e. The number of hydrogen-bond donors (Lipinski definition) is 1. The van der Waals surface area contributed by atoms with Crippen LogP contribution in [-0.4, -0.2) is 5.11 Å². The molecule has 0 fully saturated rings. The Kier molecular flexibility index (Phi) is 3.87. The third kappa shape index (κ3) is 3.35. The van der Waals surface area contributed by atoms with Crippen LogP contribution in [0.5, 0.6) is 5.75 Å². The summed E-state index contributed by atoms with van der Waals surface area (Å²) in [5, 5.41) is 10.0. The first-order valence-electron chi connectivity index (χ1n) is 5.07. The fourth-order valence-electron chi connectivity index (χ4n) is 1.45. The maximum atomic E-state index is 9.34. The van der Waals surface area contributed by atoms with Crippen molar-refractivity contribution in [2.75, 3.05) is 0 Å². The summed E-state index contributed by atoms with van der Waals surface area (Å²) in [6, 6.07) is 12.7. The van der Waals surface area contributed by atoms with Crippen LogP contribution in [0.4, 0.5) is 0 Å². The normalized spacial score (nSPS) is 10.9. The first kappa shape index (κ1) is 12.2. The van der Waals surface area contributed by atoms with Gasteiger partial charge in [-0.3, -0.25) is 0 Å². The highest BCUT2D eigenvalue weighted by atomic mass is 79.9. The summed E-state index contributed by atoms with van der Waals surface area (Å²) in [5.41, 5.74) is 1.99. The molecule has 3 heteroatoms. The molecule has 0 aliphatic heterocycles. The van der Waals surface area contributed by atoms with E-state index in [1.54, 1.807) is 12.1 Å². The van der Waals surface area contributed by atoms with Gasteiger partial charge >= 0.3 is 0 Å². The Labute approximate surface area is 113 Å². The Morgan fingerprint density at radius 3 is 2.59 bits per heavy atom. The molecule has 0 radical (unpaired) electrons. The molecule has 0 atom stereocenters. The minimum atomic E-state index is 0.266. The van der Waals surface area contributed by atoms with E-state index in [-0.39, 0.29) is 5.75 Å². The molecule has 0 heterocycles. The van der Waals surface area contributed by atoms with Crippen LogP contribution in [-0.2, 0) is 0 Å². The summed E-state index contributed by atoms with van der Waals surface area (Å²) in [6.07, 6.45) is 3.91. The number of benzene rings is 2. The van der Waals surface area contributed by atoms with Crippen molar-refractivity contribution in [1.82, 2.24) is 0 Å². The molecule has 0 saturated carbocycles. The zero-order valence-corrected chi connectivity index (χ0v) is 11.2. The van der Waals surface area contributed by atoms with Gasteiger partial charge < -0.3 is 5.11 Å². The number of hydrogen-bond acceptors (Lipinski definition) is 1. The lowest BCUT2D eigenvalue weighted by Gasteiger charge is -1.99. The predicted octanol–water partition coefficient (Wildman–Crippen LogP) is 4.98. The lowest BCUT2D eigenvalue weighted by Crippen LogP contribution is -1.76. The standard InChI is InChI=1S/C14H10BrClO/c15-14-9-12(16)7-6-11(14)5-4-10-2-1-3-13(17)8-10/h1-9,17H/b5-4+. The summed E-state index contributed by atoms with van der Waals surface area (Å²) >= 11 is 9.32. The van der Waals surface area contributed by atoms with Gasteiger partial charge in [-0.2, -0.15) is 0 Å². The van der Waals surface area contributed by atoms with Gasteiger partial charge in [0.1, 0.15) is 5.75 Å². The molecule has 0 aliphatic rings.